The van der Waals surface area contributed by atoms with Crippen molar-refractivity contribution in [1.29, 1.82) is 0 Å². The first-order valence-electron chi connectivity index (χ1n) is 7.40. The van der Waals surface area contributed by atoms with Gasteiger partial charge in [-0.2, -0.15) is 0 Å². The Morgan fingerprint density at radius 3 is 2.48 bits per heavy atom. The second-order valence-corrected chi connectivity index (χ2v) is 5.17. The number of hydrogen-bond acceptors (Lipinski definition) is 6. The van der Waals surface area contributed by atoms with E-state index in [0.717, 1.165) is 5.56 Å². The first-order valence-corrected chi connectivity index (χ1v) is 7.40. The highest BCUT2D eigenvalue weighted by Gasteiger charge is 2.09. The summed E-state index contributed by atoms with van der Waals surface area (Å²) in [6, 6.07) is 9.36. The van der Waals surface area contributed by atoms with Crippen molar-refractivity contribution in [2.45, 2.75) is 6.92 Å². The lowest BCUT2D eigenvalue weighted by Crippen LogP contribution is -1.99. The molecule has 130 valence electrons. The predicted molar refractivity (Wildman–Crippen MR) is 94.5 cm³/mol. The van der Waals surface area contributed by atoms with Crippen LogP contribution in [-0.2, 0) is 0 Å². The fourth-order valence-electron chi connectivity index (χ4n) is 2.17. The van der Waals surface area contributed by atoms with Crippen LogP contribution < -0.4 is 14.8 Å². The number of nitrogens with zero attached hydrogens (tertiary/aromatic N) is 1. The van der Waals surface area contributed by atoms with E-state index in [0.29, 0.717) is 22.7 Å². The zero-order valence-electron chi connectivity index (χ0n) is 14.1. The predicted octanol–water partition coefficient (Wildman–Crippen LogP) is 3.73. The topological polar surface area (TPSA) is 90.7 Å². The smallest absolute Gasteiger partial charge is 0.271 e. The van der Waals surface area contributed by atoms with Gasteiger partial charge in [-0.3, -0.25) is 14.9 Å². The van der Waals surface area contributed by atoms with Crippen LogP contribution in [0.4, 0.5) is 11.4 Å². The van der Waals surface area contributed by atoms with Crippen molar-refractivity contribution in [2.24, 2.45) is 0 Å². The van der Waals surface area contributed by atoms with Crippen LogP contribution in [0.5, 0.6) is 11.5 Å². The van der Waals surface area contributed by atoms with Gasteiger partial charge in [0.25, 0.3) is 5.69 Å². The average molecular weight is 342 g/mol. The van der Waals surface area contributed by atoms with E-state index in [2.05, 4.69) is 5.32 Å². The Labute approximate surface area is 145 Å². The fourth-order valence-corrected chi connectivity index (χ4v) is 2.17. The number of hydrogen-bond donors (Lipinski definition) is 1. The molecule has 0 aliphatic rings. The van der Waals surface area contributed by atoms with Gasteiger partial charge < -0.3 is 14.8 Å². The third-order valence-electron chi connectivity index (χ3n) is 3.57. The van der Waals surface area contributed by atoms with Gasteiger partial charge in [-0.05, 0) is 30.7 Å². The molecule has 0 aliphatic heterocycles. The van der Waals surface area contributed by atoms with E-state index >= 15 is 0 Å². The molecule has 7 heteroatoms. The lowest BCUT2D eigenvalue weighted by Gasteiger charge is -2.08. The van der Waals surface area contributed by atoms with Gasteiger partial charge in [-0.1, -0.05) is 6.07 Å². The maximum atomic E-state index is 12.2. The molecular formula is C18H18N2O5. The number of carbonyl (C=O) groups excluding carboxylic acids is 1. The zero-order valence-corrected chi connectivity index (χ0v) is 14.1. The van der Waals surface area contributed by atoms with Crippen LogP contribution in [0.25, 0.3) is 0 Å². The van der Waals surface area contributed by atoms with E-state index in [4.69, 9.17) is 9.47 Å². The van der Waals surface area contributed by atoms with Crippen LogP contribution in [0.2, 0.25) is 0 Å². The number of ketones is 1. The maximum Gasteiger partial charge on any atom is 0.271 e. The summed E-state index contributed by atoms with van der Waals surface area (Å²) in [7, 11) is 3.01. The number of nitrogens with one attached hydrogen (secondary N) is 1. The molecule has 1 N–H and O–H groups in total. The molecule has 0 saturated carbocycles. The number of rotatable bonds is 7. The number of carbonyl (C=O) groups is 1. The van der Waals surface area contributed by atoms with Gasteiger partial charge in [0.05, 0.1) is 19.1 Å². The number of allylic oxidation sites excluding steroid dienone is 1. The summed E-state index contributed by atoms with van der Waals surface area (Å²) in [5, 5.41) is 13.7. The van der Waals surface area contributed by atoms with Crippen LogP contribution in [0.15, 0.2) is 48.7 Å². The number of methoxy groups -OCH3 is 2. The van der Waals surface area contributed by atoms with E-state index in [1.54, 1.807) is 24.3 Å². The number of aryl methyl sites for hydroxylation is 1. The molecule has 0 aromatic heterocycles. The van der Waals surface area contributed by atoms with Gasteiger partial charge in [0, 0.05) is 35.7 Å². The molecule has 25 heavy (non-hydrogen) atoms. The van der Waals surface area contributed by atoms with Gasteiger partial charge in [0.1, 0.15) is 0 Å². The molecule has 0 atom stereocenters. The molecule has 0 fully saturated rings. The molecule has 2 rings (SSSR count). The van der Waals surface area contributed by atoms with E-state index < -0.39 is 4.92 Å². The van der Waals surface area contributed by atoms with E-state index in [9.17, 15) is 14.9 Å². The van der Waals surface area contributed by atoms with Gasteiger partial charge in [0.15, 0.2) is 17.3 Å². The number of benzene rings is 2. The van der Waals surface area contributed by atoms with E-state index in [1.165, 1.54) is 38.6 Å². The van der Waals surface area contributed by atoms with Crippen LogP contribution in [0.3, 0.4) is 0 Å². The van der Waals surface area contributed by atoms with Crippen molar-refractivity contribution in [2.75, 3.05) is 19.5 Å². The molecule has 0 amide bonds. The standard InChI is InChI=1S/C18H18N2O5/c1-12-4-6-14(20(22)23)11-15(12)19-9-8-16(21)13-5-7-17(24-2)18(10-13)25-3/h4-11,19H,1-3H3/b9-8+. The van der Waals surface area contributed by atoms with Gasteiger partial charge in [0.2, 0.25) is 0 Å². The molecule has 7 nitrogen and oxygen atoms in total. The monoisotopic (exact) mass is 342 g/mol. The summed E-state index contributed by atoms with van der Waals surface area (Å²) < 4.78 is 10.3. The normalized spacial score (nSPS) is 10.5. The second-order valence-electron chi connectivity index (χ2n) is 5.17. The Balaban J connectivity index is 2.13. The van der Waals surface area contributed by atoms with Crippen LogP contribution >= 0.6 is 0 Å². The number of ether oxygens (including phenoxy) is 2. The number of nitro benzene ring substituents is 1. The SMILES string of the molecule is COc1ccc(C(=O)/C=C/Nc2cc([N+](=O)[O-])ccc2C)cc1OC. The summed E-state index contributed by atoms with van der Waals surface area (Å²) in [4.78, 5) is 22.6. The van der Waals surface area contributed by atoms with Gasteiger partial charge >= 0.3 is 0 Å². The third kappa shape index (κ3) is 4.35. The van der Waals surface area contributed by atoms with Crippen molar-refractivity contribution in [3.05, 3.63) is 69.9 Å². The van der Waals surface area contributed by atoms with Crippen molar-refractivity contribution >= 4 is 17.2 Å². The lowest BCUT2D eigenvalue weighted by atomic mass is 10.1. The summed E-state index contributed by atoms with van der Waals surface area (Å²) in [5.41, 5.74) is 1.80. The van der Waals surface area contributed by atoms with Crippen LogP contribution in [-0.4, -0.2) is 24.9 Å². The van der Waals surface area contributed by atoms with Crippen LogP contribution in [0, 0.1) is 17.0 Å². The Kier molecular flexibility index (Phi) is 5.73. The molecule has 0 heterocycles. The molecule has 0 saturated heterocycles. The van der Waals surface area contributed by atoms with Gasteiger partial charge in [-0.25, -0.2) is 0 Å². The molecular weight excluding hydrogens is 324 g/mol. The lowest BCUT2D eigenvalue weighted by molar-refractivity contribution is -0.384. The molecule has 0 radical (unpaired) electrons. The number of non-ortho nitro benzene ring substituents is 1. The fraction of sp³-hybridized carbons (Fsp3) is 0.167. The Hall–Kier alpha value is -3.35. The molecule has 0 aliphatic carbocycles. The summed E-state index contributed by atoms with van der Waals surface area (Å²) in [6.07, 6.45) is 2.80. The Morgan fingerprint density at radius 2 is 1.84 bits per heavy atom. The van der Waals surface area contributed by atoms with Gasteiger partial charge in [-0.15, -0.1) is 0 Å². The molecule has 0 spiro atoms. The second kappa shape index (κ2) is 7.96. The minimum Gasteiger partial charge on any atom is -0.493 e. The molecule has 0 unspecified atom stereocenters. The highest BCUT2D eigenvalue weighted by Crippen LogP contribution is 2.28. The first-order chi connectivity index (χ1) is 12.0. The average Bonchev–Trinajstić information content (AvgIpc) is 2.62. The molecule has 0 bridgehead atoms. The number of nitro groups is 1. The summed E-state index contributed by atoms with van der Waals surface area (Å²) in [6.45, 7) is 1.82. The first kappa shape index (κ1) is 18.0. The van der Waals surface area contributed by atoms with Crippen molar-refractivity contribution < 1.29 is 19.2 Å². The highest BCUT2D eigenvalue weighted by atomic mass is 16.6. The largest absolute Gasteiger partial charge is 0.493 e. The summed E-state index contributed by atoms with van der Waals surface area (Å²) >= 11 is 0. The highest BCUT2D eigenvalue weighted by molar-refractivity contribution is 6.05. The van der Waals surface area contributed by atoms with Crippen molar-refractivity contribution in [3.63, 3.8) is 0 Å². The minimum absolute atomic E-state index is 0.0206. The van der Waals surface area contributed by atoms with E-state index in [1.807, 2.05) is 6.92 Å². The number of anilines is 1. The Morgan fingerprint density at radius 1 is 1.12 bits per heavy atom. The maximum absolute atomic E-state index is 12.2. The minimum atomic E-state index is -0.469. The van der Waals surface area contributed by atoms with Crippen LogP contribution in [0.1, 0.15) is 15.9 Å². The molecule has 2 aromatic carbocycles. The summed E-state index contributed by atoms with van der Waals surface area (Å²) in [5.74, 6) is 0.758. The van der Waals surface area contributed by atoms with Crippen molar-refractivity contribution in [3.8, 4) is 11.5 Å². The quantitative estimate of drug-likeness (QED) is 0.357. The van der Waals surface area contributed by atoms with E-state index in [-0.39, 0.29) is 11.5 Å². The Bertz CT molecular complexity index is 830. The third-order valence-corrected chi connectivity index (χ3v) is 3.57. The van der Waals surface area contributed by atoms with Crippen molar-refractivity contribution in [1.82, 2.24) is 0 Å². The zero-order chi connectivity index (χ0) is 18.4. The molecule has 2 aromatic rings.